The first-order valence-electron chi connectivity index (χ1n) is 5.65. The van der Waals surface area contributed by atoms with Gasteiger partial charge >= 0.3 is 0 Å². The number of nitrogens with zero attached hydrogens (tertiary/aromatic N) is 2. The fraction of sp³-hybridized carbons (Fsp3) is 0.231. The summed E-state index contributed by atoms with van der Waals surface area (Å²) in [7, 11) is 1.50. The second-order valence-corrected chi connectivity index (χ2v) is 3.70. The fourth-order valence-corrected chi connectivity index (χ4v) is 1.55. The molecule has 0 radical (unpaired) electrons. The first-order valence-corrected chi connectivity index (χ1v) is 5.65. The van der Waals surface area contributed by atoms with Crippen LogP contribution in [-0.4, -0.2) is 17.1 Å². The second-order valence-electron chi connectivity index (χ2n) is 3.70. The summed E-state index contributed by atoms with van der Waals surface area (Å²) in [6.07, 6.45) is 2.30. The molecule has 18 heavy (non-hydrogen) atoms. The lowest BCUT2D eigenvalue weighted by Crippen LogP contribution is -2.00. The van der Waals surface area contributed by atoms with Gasteiger partial charge in [0.05, 0.1) is 7.11 Å². The Bertz CT molecular complexity index is 544. The number of hydrogen-bond donors (Lipinski definition) is 1. The number of nitrogens with two attached hydrogens (primary N) is 1. The van der Waals surface area contributed by atoms with Gasteiger partial charge in [-0.3, -0.25) is 0 Å². The molecule has 0 spiro atoms. The molecular formula is C13H15N3O2. The molecule has 2 aromatic rings. The smallest absolute Gasteiger partial charge is 0.249 e. The van der Waals surface area contributed by atoms with E-state index >= 15 is 0 Å². The summed E-state index contributed by atoms with van der Waals surface area (Å²) in [6.45, 7) is 2.08. The van der Waals surface area contributed by atoms with E-state index in [0.29, 0.717) is 23.2 Å². The summed E-state index contributed by atoms with van der Waals surface area (Å²) in [5.74, 6) is 1.31. The van der Waals surface area contributed by atoms with Gasteiger partial charge in [-0.2, -0.15) is 9.97 Å². The minimum absolute atomic E-state index is 0.293. The molecule has 0 saturated carbocycles. The number of nitrogen functional groups attached to an aromatic ring is 1. The van der Waals surface area contributed by atoms with Crippen LogP contribution in [0.25, 0.3) is 0 Å². The van der Waals surface area contributed by atoms with Gasteiger partial charge in [-0.25, -0.2) is 0 Å². The Kier molecular flexibility index (Phi) is 3.62. The van der Waals surface area contributed by atoms with Crippen LogP contribution in [0, 0.1) is 0 Å². The molecular weight excluding hydrogens is 230 g/mol. The van der Waals surface area contributed by atoms with Crippen LogP contribution in [0.4, 0.5) is 5.69 Å². The highest BCUT2D eigenvalue weighted by Crippen LogP contribution is 2.30. The van der Waals surface area contributed by atoms with Crippen LogP contribution in [0.5, 0.6) is 17.5 Å². The molecule has 0 aliphatic carbocycles. The molecule has 0 fully saturated rings. The maximum atomic E-state index is 5.84. The van der Waals surface area contributed by atoms with Crippen molar-refractivity contribution in [3.8, 4) is 17.5 Å². The quantitative estimate of drug-likeness (QED) is 0.895. The molecule has 0 unspecified atom stereocenters. The molecule has 2 rings (SSSR count). The van der Waals surface area contributed by atoms with Gasteiger partial charge < -0.3 is 15.2 Å². The van der Waals surface area contributed by atoms with Crippen LogP contribution in [-0.2, 0) is 6.42 Å². The molecule has 5 heteroatoms. The highest BCUT2D eigenvalue weighted by Gasteiger charge is 2.10. The van der Waals surface area contributed by atoms with Crippen LogP contribution in [0.1, 0.15) is 12.5 Å². The Morgan fingerprint density at radius 1 is 1.22 bits per heavy atom. The van der Waals surface area contributed by atoms with Crippen molar-refractivity contribution in [3.63, 3.8) is 0 Å². The molecule has 0 amide bonds. The van der Waals surface area contributed by atoms with Crippen molar-refractivity contribution in [1.29, 1.82) is 0 Å². The summed E-state index contributed by atoms with van der Waals surface area (Å²) < 4.78 is 10.7. The number of aryl methyl sites for hydroxylation is 1. The maximum absolute atomic E-state index is 5.84. The molecule has 0 atom stereocenters. The highest BCUT2D eigenvalue weighted by atomic mass is 16.5. The van der Waals surface area contributed by atoms with Gasteiger partial charge in [0, 0.05) is 0 Å². The van der Waals surface area contributed by atoms with E-state index in [4.69, 9.17) is 15.2 Å². The van der Waals surface area contributed by atoms with E-state index in [1.54, 1.807) is 0 Å². The number of anilines is 1. The van der Waals surface area contributed by atoms with Crippen molar-refractivity contribution in [1.82, 2.24) is 9.97 Å². The average molecular weight is 245 g/mol. The van der Waals surface area contributed by atoms with E-state index in [0.717, 1.165) is 6.42 Å². The molecule has 5 nitrogen and oxygen atoms in total. The summed E-state index contributed by atoms with van der Waals surface area (Å²) in [5, 5.41) is 0. The minimum Gasteiger partial charge on any atom is -0.479 e. The van der Waals surface area contributed by atoms with E-state index in [1.165, 1.54) is 19.0 Å². The third-order valence-electron chi connectivity index (χ3n) is 2.53. The van der Waals surface area contributed by atoms with Crippen LogP contribution in [0.3, 0.4) is 0 Å². The normalized spacial score (nSPS) is 10.1. The average Bonchev–Trinajstić information content (AvgIpc) is 2.41. The van der Waals surface area contributed by atoms with Crippen molar-refractivity contribution in [2.24, 2.45) is 0 Å². The number of methoxy groups -OCH3 is 1. The van der Waals surface area contributed by atoms with Crippen molar-refractivity contribution in [3.05, 3.63) is 36.2 Å². The third-order valence-corrected chi connectivity index (χ3v) is 2.53. The molecule has 0 saturated heterocycles. The highest BCUT2D eigenvalue weighted by molar-refractivity contribution is 5.56. The number of aromatic nitrogens is 2. The van der Waals surface area contributed by atoms with Gasteiger partial charge in [-0.1, -0.05) is 19.1 Å². The number of ether oxygens (including phenoxy) is 2. The predicted molar refractivity (Wildman–Crippen MR) is 68.9 cm³/mol. The van der Waals surface area contributed by atoms with E-state index in [2.05, 4.69) is 16.9 Å². The molecule has 1 aromatic carbocycles. The van der Waals surface area contributed by atoms with Gasteiger partial charge in [-0.05, 0) is 24.1 Å². The largest absolute Gasteiger partial charge is 0.479 e. The zero-order valence-electron chi connectivity index (χ0n) is 10.4. The third kappa shape index (κ3) is 2.51. The molecule has 0 aliphatic heterocycles. The van der Waals surface area contributed by atoms with Crippen LogP contribution >= 0.6 is 0 Å². The van der Waals surface area contributed by atoms with E-state index < -0.39 is 0 Å². The minimum atomic E-state index is 0.293. The molecule has 1 heterocycles. The summed E-state index contributed by atoms with van der Waals surface area (Å²) in [5.41, 5.74) is 7.32. The Morgan fingerprint density at radius 2 is 2.00 bits per heavy atom. The zero-order chi connectivity index (χ0) is 13.0. The van der Waals surface area contributed by atoms with Crippen LogP contribution in [0.15, 0.2) is 30.6 Å². The molecule has 0 bridgehead atoms. The Morgan fingerprint density at radius 3 is 2.72 bits per heavy atom. The van der Waals surface area contributed by atoms with Gasteiger partial charge in [0.15, 0.2) is 5.69 Å². The standard InChI is InChI=1S/C13H15N3O2/c1-3-9-5-4-6-10(7-9)18-13-11(14)12(17-2)15-8-16-13/h4-8H,3,14H2,1-2H3. The number of hydrogen-bond acceptors (Lipinski definition) is 5. The van der Waals surface area contributed by atoms with Gasteiger partial charge in [0.25, 0.3) is 0 Å². The lowest BCUT2D eigenvalue weighted by molar-refractivity contribution is 0.391. The SMILES string of the molecule is CCc1cccc(Oc2ncnc(OC)c2N)c1. The van der Waals surface area contributed by atoms with Gasteiger partial charge in [0.1, 0.15) is 12.1 Å². The summed E-state index contributed by atoms with van der Waals surface area (Å²) >= 11 is 0. The summed E-state index contributed by atoms with van der Waals surface area (Å²) in [6, 6.07) is 7.78. The fourth-order valence-electron chi connectivity index (χ4n) is 1.55. The molecule has 0 aliphatic rings. The first-order chi connectivity index (χ1) is 8.74. The molecule has 2 N–H and O–H groups in total. The number of rotatable bonds is 4. The van der Waals surface area contributed by atoms with Gasteiger partial charge in [0.2, 0.25) is 11.8 Å². The van der Waals surface area contributed by atoms with Crippen molar-refractivity contribution in [2.75, 3.05) is 12.8 Å². The van der Waals surface area contributed by atoms with Gasteiger partial charge in [-0.15, -0.1) is 0 Å². The maximum Gasteiger partial charge on any atom is 0.249 e. The van der Waals surface area contributed by atoms with Crippen molar-refractivity contribution < 1.29 is 9.47 Å². The molecule has 1 aromatic heterocycles. The van der Waals surface area contributed by atoms with E-state index in [1.807, 2.05) is 24.3 Å². The second kappa shape index (κ2) is 5.35. The predicted octanol–water partition coefficient (Wildman–Crippen LogP) is 2.42. The molecule has 94 valence electrons. The zero-order valence-corrected chi connectivity index (χ0v) is 10.4. The summed E-state index contributed by atoms with van der Waals surface area (Å²) in [4.78, 5) is 7.89. The van der Waals surface area contributed by atoms with Crippen molar-refractivity contribution in [2.45, 2.75) is 13.3 Å². The lowest BCUT2D eigenvalue weighted by atomic mass is 10.2. The monoisotopic (exact) mass is 245 g/mol. The topological polar surface area (TPSA) is 70.3 Å². The first kappa shape index (κ1) is 12.2. The lowest BCUT2D eigenvalue weighted by Gasteiger charge is -2.09. The number of benzene rings is 1. The van der Waals surface area contributed by atoms with E-state index in [9.17, 15) is 0 Å². The Hall–Kier alpha value is -2.30. The Balaban J connectivity index is 2.28. The van der Waals surface area contributed by atoms with Crippen molar-refractivity contribution >= 4 is 5.69 Å². The van der Waals surface area contributed by atoms with Crippen LogP contribution in [0.2, 0.25) is 0 Å². The van der Waals surface area contributed by atoms with E-state index in [-0.39, 0.29) is 0 Å². The van der Waals surface area contributed by atoms with Crippen LogP contribution < -0.4 is 15.2 Å². The Labute approximate surface area is 106 Å².